The zero-order valence-corrected chi connectivity index (χ0v) is 16.8. The Morgan fingerprint density at radius 2 is 1.77 bits per heavy atom. The molecular formula is C25H24N2O3. The second-order valence-corrected chi connectivity index (χ2v) is 8.15. The van der Waals surface area contributed by atoms with Gasteiger partial charge in [0.1, 0.15) is 6.61 Å². The number of carbonyl (C=O) groups excluding carboxylic acids is 2. The van der Waals surface area contributed by atoms with Crippen LogP contribution in [-0.4, -0.2) is 48.6 Å². The Bertz CT molecular complexity index is 1090. The van der Waals surface area contributed by atoms with Crippen LogP contribution >= 0.6 is 0 Å². The van der Waals surface area contributed by atoms with E-state index in [4.69, 9.17) is 4.74 Å². The fraction of sp³-hybridized carbons (Fsp3) is 0.280. The number of rotatable bonds is 2. The normalized spacial score (nSPS) is 18.4. The third kappa shape index (κ3) is 3.46. The quantitative estimate of drug-likeness (QED) is 0.715. The monoisotopic (exact) mass is 400 g/mol. The number of piperidine rings is 1. The van der Waals surface area contributed by atoms with E-state index >= 15 is 0 Å². The van der Waals surface area contributed by atoms with Crippen LogP contribution in [0.3, 0.4) is 0 Å². The molecule has 0 aliphatic carbocycles. The van der Waals surface area contributed by atoms with Crippen LogP contribution in [0.5, 0.6) is 0 Å². The van der Waals surface area contributed by atoms with E-state index in [1.807, 2.05) is 41.3 Å². The number of carbonyl (C=O) groups is 2. The maximum atomic E-state index is 13.1. The number of morpholine rings is 1. The van der Waals surface area contributed by atoms with Gasteiger partial charge in [-0.1, -0.05) is 54.6 Å². The van der Waals surface area contributed by atoms with Crippen LogP contribution in [0.15, 0.2) is 66.7 Å². The third-order valence-electron chi connectivity index (χ3n) is 6.29. The topological polar surface area (TPSA) is 58.6 Å². The minimum atomic E-state index is -0.321. The largest absolute Gasteiger partial charge is 0.363 e. The molecule has 2 fully saturated rings. The molecule has 3 aromatic carbocycles. The van der Waals surface area contributed by atoms with Crippen molar-refractivity contribution in [3.8, 4) is 11.1 Å². The molecule has 2 aliphatic rings. The van der Waals surface area contributed by atoms with Crippen LogP contribution in [-0.2, 0) is 9.53 Å². The molecule has 0 bridgehead atoms. The van der Waals surface area contributed by atoms with Crippen molar-refractivity contribution < 1.29 is 14.3 Å². The maximum absolute atomic E-state index is 13.1. The van der Waals surface area contributed by atoms with Gasteiger partial charge in [0.25, 0.3) is 5.91 Å². The van der Waals surface area contributed by atoms with Gasteiger partial charge < -0.3 is 15.0 Å². The van der Waals surface area contributed by atoms with Gasteiger partial charge in [-0.05, 0) is 46.9 Å². The van der Waals surface area contributed by atoms with Gasteiger partial charge in [0.05, 0.1) is 5.60 Å². The number of nitrogens with one attached hydrogen (secondary N) is 1. The van der Waals surface area contributed by atoms with Gasteiger partial charge in [-0.2, -0.15) is 0 Å². The molecule has 5 heteroatoms. The first kappa shape index (κ1) is 18.8. The second-order valence-electron chi connectivity index (χ2n) is 8.15. The minimum absolute atomic E-state index is 0.0525. The Morgan fingerprint density at radius 3 is 2.50 bits per heavy atom. The Kier molecular flexibility index (Phi) is 4.75. The highest BCUT2D eigenvalue weighted by atomic mass is 16.5. The van der Waals surface area contributed by atoms with E-state index in [1.54, 1.807) is 0 Å². The summed E-state index contributed by atoms with van der Waals surface area (Å²) in [5.74, 6) is -0.0122. The zero-order valence-electron chi connectivity index (χ0n) is 16.8. The summed E-state index contributed by atoms with van der Waals surface area (Å²) in [7, 11) is 0. The molecule has 0 aromatic heterocycles. The number of nitrogens with zero attached hydrogens (tertiary/aromatic N) is 1. The number of ether oxygens (including phenoxy) is 1. The minimum Gasteiger partial charge on any atom is -0.363 e. The standard InChI is InChI=1S/C25H24N2O3/c28-23-16-30-25(17-26-23)11-13-27(14-12-25)24(29)20-9-10-22-19(15-20)7-4-8-21(22)18-5-2-1-3-6-18/h1-10,15H,11-14,16-17H2,(H,26,28). The van der Waals surface area contributed by atoms with Crippen molar-refractivity contribution >= 4 is 22.6 Å². The third-order valence-corrected chi connectivity index (χ3v) is 6.29. The first-order chi connectivity index (χ1) is 14.6. The summed E-state index contributed by atoms with van der Waals surface area (Å²) < 4.78 is 5.82. The summed E-state index contributed by atoms with van der Waals surface area (Å²) in [6.45, 7) is 1.92. The lowest BCUT2D eigenvalue weighted by atomic mass is 9.89. The van der Waals surface area contributed by atoms with E-state index in [2.05, 4.69) is 35.6 Å². The molecule has 5 nitrogen and oxygen atoms in total. The molecule has 2 saturated heterocycles. The van der Waals surface area contributed by atoms with Crippen molar-refractivity contribution in [2.45, 2.75) is 18.4 Å². The van der Waals surface area contributed by atoms with Crippen molar-refractivity contribution in [3.05, 3.63) is 72.3 Å². The van der Waals surface area contributed by atoms with Gasteiger partial charge in [-0.3, -0.25) is 9.59 Å². The van der Waals surface area contributed by atoms with Crippen LogP contribution in [0.4, 0.5) is 0 Å². The summed E-state index contributed by atoms with van der Waals surface area (Å²) in [5, 5.41) is 5.10. The van der Waals surface area contributed by atoms with Crippen molar-refractivity contribution in [2.24, 2.45) is 0 Å². The fourth-order valence-corrected chi connectivity index (χ4v) is 4.49. The van der Waals surface area contributed by atoms with Gasteiger partial charge in [0.15, 0.2) is 0 Å². The number of fused-ring (bicyclic) bond motifs is 1. The molecule has 3 aromatic rings. The fourth-order valence-electron chi connectivity index (χ4n) is 4.49. The lowest BCUT2D eigenvalue weighted by Crippen LogP contribution is -2.58. The summed E-state index contributed by atoms with van der Waals surface area (Å²) in [6.07, 6.45) is 1.48. The van der Waals surface area contributed by atoms with Crippen LogP contribution < -0.4 is 5.32 Å². The van der Waals surface area contributed by atoms with Crippen LogP contribution in [0.2, 0.25) is 0 Å². The summed E-state index contributed by atoms with van der Waals surface area (Å²) in [6, 6.07) is 22.5. The summed E-state index contributed by atoms with van der Waals surface area (Å²) >= 11 is 0. The molecule has 0 saturated carbocycles. The molecule has 2 aliphatic heterocycles. The van der Waals surface area contributed by atoms with Gasteiger partial charge in [0.2, 0.25) is 5.91 Å². The SMILES string of the molecule is O=C1COC2(CCN(C(=O)c3ccc4c(-c5ccccc5)cccc4c3)CC2)CN1. The predicted molar refractivity (Wildman–Crippen MR) is 116 cm³/mol. The van der Waals surface area contributed by atoms with Crippen molar-refractivity contribution in [3.63, 3.8) is 0 Å². The highest BCUT2D eigenvalue weighted by Crippen LogP contribution is 2.31. The van der Waals surface area contributed by atoms with Gasteiger partial charge in [-0.15, -0.1) is 0 Å². The molecule has 1 spiro atoms. The van der Waals surface area contributed by atoms with Crippen molar-refractivity contribution in [1.82, 2.24) is 10.2 Å². The molecule has 30 heavy (non-hydrogen) atoms. The van der Waals surface area contributed by atoms with Gasteiger partial charge in [-0.25, -0.2) is 0 Å². The molecule has 2 amide bonds. The zero-order chi connectivity index (χ0) is 20.6. The molecule has 0 unspecified atom stereocenters. The lowest BCUT2D eigenvalue weighted by molar-refractivity contribution is -0.149. The molecule has 152 valence electrons. The van der Waals surface area contributed by atoms with Crippen molar-refractivity contribution in [2.75, 3.05) is 26.2 Å². The summed E-state index contributed by atoms with van der Waals surface area (Å²) in [5.41, 5.74) is 2.73. The number of benzene rings is 3. The van der Waals surface area contributed by atoms with Gasteiger partial charge >= 0.3 is 0 Å². The Balaban J connectivity index is 1.35. The van der Waals surface area contributed by atoms with E-state index < -0.39 is 0 Å². The first-order valence-electron chi connectivity index (χ1n) is 10.4. The molecule has 5 rings (SSSR count). The second kappa shape index (κ2) is 7.58. The Labute approximate surface area is 175 Å². The smallest absolute Gasteiger partial charge is 0.253 e. The predicted octanol–water partition coefficient (Wildman–Crippen LogP) is 3.63. The highest BCUT2D eigenvalue weighted by Gasteiger charge is 2.40. The van der Waals surface area contributed by atoms with E-state index in [9.17, 15) is 9.59 Å². The molecule has 2 heterocycles. The number of hydrogen-bond acceptors (Lipinski definition) is 3. The van der Waals surface area contributed by atoms with E-state index in [-0.39, 0.29) is 24.0 Å². The van der Waals surface area contributed by atoms with Crippen LogP contribution in [0.1, 0.15) is 23.2 Å². The van der Waals surface area contributed by atoms with Crippen LogP contribution in [0.25, 0.3) is 21.9 Å². The average molecular weight is 400 g/mol. The Hall–Kier alpha value is -3.18. The maximum Gasteiger partial charge on any atom is 0.253 e. The molecule has 0 atom stereocenters. The number of likely N-dealkylation sites (tertiary alicyclic amines) is 1. The van der Waals surface area contributed by atoms with E-state index in [0.29, 0.717) is 25.2 Å². The number of hydrogen-bond donors (Lipinski definition) is 1. The van der Waals surface area contributed by atoms with Gasteiger partial charge in [0, 0.05) is 25.2 Å². The molecular weight excluding hydrogens is 376 g/mol. The van der Waals surface area contributed by atoms with Crippen molar-refractivity contribution in [1.29, 1.82) is 0 Å². The lowest BCUT2D eigenvalue weighted by Gasteiger charge is -2.43. The Morgan fingerprint density at radius 1 is 0.967 bits per heavy atom. The molecule has 1 N–H and O–H groups in total. The first-order valence-corrected chi connectivity index (χ1v) is 10.4. The van der Waals surface area contributed by atoms with E-state index in [0.717, 1.165) is 23.6 Å². The summed E-state index contributed by atoms with van der Waals surface area (Å²) in [4.78, 5) is 26.4. The molecule has 0 radical (unpaired) electrons. The van der Waals surface area contributed by atoms with Crippen LogP contribution in [0, 0.1) is 0 Å². The van der Waals surface area contributed by atoms with E-state index in [1.165, 1.54) is 11.1 Å². The average Bonchev–Trinajstić information content (AvgIpc) is 2.81. The highest BCUT2D eigenvalue weighted by molar-refractivity contribution is 6.02. The number of amides is 2.